The van der Waals surface area contributed by atoms with Crippen LogP contribution in [0.5, 0.6) is 11.5 Å². The summed E-state index contributed by atoms with van der Waals surface area (Å²) in [5.41, 5.74) is 1.19. The van der Waals surface area contributed by atoms with Crippen LogP contribution in [0.2, 0.25) is 0 Å². The summed E-state index contributed by atoms with van der Waals surface area (Å²) >= 11 is 0. The van der Waals surface area contributed by atoms with Crippen LogP contribution in [0.3, 0.4) is 0 Å². The number of hydrogen-bond donors (Lipinski definition) is 1. The van der Waals surface area contributed by atoms with E-state index >= 15 is 0 Å². The molecular weight excluding hydrogens is 328 g/mol. The van der Waals surface area contributed by atoms with Gasteiger partial charge in [-0.05, 0) is 62.7 Å². The van der Waals surface area contributed by atoms with Crippen LogP contribution in [-0.2, 0) is 6.54 Å². The molecule has 1 unspecified atom stereocenters. The molecular formula is C21H30N2O3. The number of methoxy groups -OCH3 is 1. The fourth-order valence-electron chi connectivity index (χ4n) is 3.57. The Hall–Kier alpha value is -1.98. The molecule has 26 heavy (non-hydrogen) atoms. The number of nitrogens with one attached hydrogen (secondary N) is 1. The van der Waals surface area contributed by atoms with Crippen molar-refractivity contribution in [2.75, 3.05) is 33.4 Å². The van der Waals surface area contributed by atoms with Crippen LogP contribution in [-0.4, -0.2) is 38.3 Å². The van der Waals surface area contributed by atoms with Crippen molar-refractivity contribution >= 4 is 0 Å². The molecule has 0 radical (unpaired) electrons. The molecule has 3 rings (SSSR count). The molecule has 0 aliphatic carbocycles. The van der Waals surface area contributed by atoms with Crippen molar-refractivity contribution in [2.24, 2.45) is 0 Å². The average molecular weight is 358 g/mol. The molecule has 1 N–H and O–H groups in total. The standard InChI is InChI=1S/C21H30N2O3/c1-3-25-21-14-17(9-10-20(21)24-2)15-22-16-18(19-8-7-13-26-19)23-11-5-4-6-12-23/h7-10,13-14,18,22H,3-6,11-12,15-16H2,1-2H3. The molecule has 1 atom stereocenters. The van der Waals surface area contributed by atoms with E-state index in [4.69, 9.17) is 13.9 Å². The monoisotopic (exact) mass is 358 g/mol. The van der Waals surface area contributed by atoms with Gasteiger partial charge in [-0.15, -0.1) is 0 Å². The smallest absolute Gasteiger partial charge is 0.161 e. The second-order valence-electron chi connectivity index (χ2n) is 6.68. The highest BCUT2D eigenvalue weighted by Crippen LogP contribution is 2.28. The Balaban J connectivity index is 1.61. The first-order chi connectivity index (χ1) is 12.8. The van der Waals surface area contributed by atoms with E-state index in [0.717, 1.165) is 43.4 Å². The summed E-state index contributed by atoms with van der Waals surface area (Å²) in [5.74, 6) is 2.62. The van der Waals surface area contributed by atoms with E-state index in [2.05, 4.69) is 28.4 Å². The lowest BCUT2D eigenvalue weighted by Crippen LogP contribution is -2.38. The summed E-state index contributed by atoms with van der Waals surface area (Å²) in [4.78, 5) is 2.54. The van der Waals surface area contributed by atoms with Gasteiger partial charge in [0.25, 0.3) is 0 Å². The molecule has 2 heterocycles. The number of rotatable bonds is 9. The van der Waals surface area contributed by atoms with E-state index in [-0.39, 0.29) is 6.04 Å². The third-order valence-corrected chi connectivity index (χ3v) is 4.90. The minimum Gasteiger partial charge on any atom is -0.493 e. The number of likely N-dealkylation sites (tertiary alicyclic amines) is 1. The molecule has 142 valence electrons. The third kappa shape index (κ3) is 4.80. The fourth-order valence-corrected chi connectivity index (χ4v) is 3.57. The number of furan rings is 1. The van der Waals surface area contributed by atoms with Crippen LogP contribution in [0, 0.1) is 0 Å². The van der Waals surface area contributed by atoms with Gasteiger partial charge in [0.1, 0.15) is 5.76 Å². The van der Waals surface area contributed by atoms with Crippen LogP contribution in [0.15, 0.2) is 41.0 Å². The van der Waals surface area contributed by atoms with E-state index in [0.29, 0.717) is 6.61 Å². The molecule has 1 aliphatic rings. The van der Waals surface area contributed by atoms with Gasteiger partial charge < -0.3 is 19.2 Å². The lowest BCUT2D eigenvalue weighted by molar-refractivity contribution is 0.142. The maximum atomic E-state index is 5.71. The quantitative estimate of drug-likeness (QED) is 0.734. The second-order valence-corrected chi connectivity index (χ2v) is 6.68. The predicted molar refractivity (Wildman–Crippen MR) is 103 cm³/mol. The molecule has 0 saturated carbocycles. The Morgan fingerprint density at radius 2 is 2.00 bits per heavy atom. The van der Waals surface area contributed by atoms with E-state index in [1.807, 2.05) is 19.1 Å². The van der Waals surface area contributed by atoms with Gasteiger partial charge in [0.15, 0.2) is 11.5 Å². The largest absolute Gasteiger partial charge is 0.493 e. The Bertz CT molecular complexity index is 651. The van der Waals surface area contributed by atoms with E-state index in [1.165, 1.54) is 24.8 Å². The van der Waals surface area contributed by atoms with Crippen LogP contribution >= 0.6 is 0 Å². The lowest BCUT2D eigenvalue weighted by Gasteiger charge is -2.33. The maximum Gasteiger partial charge on any atom is 0.161 e. The first-order valence-corrected chi connectivity index (χ1v) is 9.59. The zero-order valence-electron chi connectivity index (χ0n) is 15.9. The molecule has 0 amide bonds. The highest BCUT2D eigenvalue weighted by Gasteiger charge is 2.24. The van der Waals surface area contributed by atoms with Crippen LogP contribution in [0.25, 0.3) is 0 Å². The highest BCUT2D eigenvalue weighted by molar-refractivity contribution is 5.42. The van der Waals surface area contributed by atoms with Gasteiger partial charge in [0.05, 0.1) is 26.0 Å². The van der Waals surface area contributed by atoms with E-state index < -0.39 is 0 Å². The van der Waals surface area contributed by atoms with Gasteiger partial charge in [0, 0.05) is 13.1 Å². The Labute approximate surface area is 156 Å². The maximum absolute atomic E-state index is 5.71. The van der Waals surface area contributed by atoms with E-state index in [9.17, 15) is 0 Å². The average Bonchev–Trinajstić information content (AvgIpc) is 3.21. The van der Waals surface area contributed by atoms with Crippen molar-refractivity contribution in [1.29, 1.82) is 0 Å². The molecule has 0 bridgehead atoms. The Kier molecular flexibility index (Phi) is 6.97. The second kappa shape index (κ2) is 9.64. The number of nitrogens with zero attached hydrogens (tertiary/aromatic N) is 1. The summed E-state index contributed by atoms with van der Waals surface area (Å²) in [5, 5.41) is 3.60. The highest BCUT2D eigenvalue weighted by atomic mass is 16.5. The van der Waals surface area contributed by atoms with Gasteiger partial charge in [-0.1, -0.05) is 12.5 Å². The van der Waals surface area contributed by atoms with Gasteiger partial charge in [0.2, 0.25) is 0 Å². The SMILES string of the molecule is CCOc1cc(CNCC(c2ccco2)N2CCCCC2)ccc1OC. The van der Waals surface area contributed by atoms with Crippen LogP contribution in [0.1, 0.15) is 43.6 Å². The fraction of sp³-hybridized carbons (Fsp3) is 0.524. The number of benzene rings is 1. The molecule has 1 fully saturated rings. The predicted octanol–water partition coefficient (Wildman–Crippen LogP) is 4.00. The molecule has 1 aliphatic heterocycles. The Morgan fingerprint density at radius 1 is 1.15 bits per heavy atom. The summed E-state index contributed by atoms with van der Waals surface area (Å²) in [6.07, 6.45) is 5.64. The minimum absolute atomic E-state index is 0.287. The van der Waals surface area contributed by atoms with Crippen LogP contribution < -0.4 is 14.8 Å². The number of hydrogen-bond acceptors (Lipinski definition) is 5. The van der Waals surface area contributed by atoms with Crippen molar-refractivity contribution in [3.8, 4) is 11.5 Å². The zero-order valence-corrected chi connectivity index (χ0v) is 15.9. The van der Waals surface area contributed by atoms with Crippen LogP contribution in [0.4, 0.5) is 0 Å². The summed E-state index contributed by atoms with van der Waals surface area (Å²) < 4.78 is 16.7. The van der Waals surface area contributed by atoms with Gasteiger partial charge in [-0.3, -0.25) is 4.90 Å². The third-order valence-electron chi connectivity index (χ3n) is 4.90. The normalized spacial score (nSPS) is 16.4. The van der Waals surface area contributed by atoms with Crippen molar-refractivity contribution in [2.45, 2.75) is 38.8 Å². The summed E-state index contributed by atoms with van der Waals surface area (Å²) in [6, 6.07) is 10.5. The first-order valence-electron chi connectivity index (χ1n) is 9.59. The molecule has 1 saturated heterocycles. The van der Waals surface area contributed by atoms with Gasteiger partial charge >= 0.3 is 0 Å². The Morgan fingerprint density at radius 3 is 2.69 bits per heavy atom. The molecule has 1 aromatic heterocycles. The van der Waals surface area contributed by atoms with Crippen molar-refractivity contribution in [3.63, 3.8) is 0 Å². The molecule has 1 aromatic carbocycles. The van der Waals surface area contributed by atoms with Gasteiger partial charge in [-0.2, -0.15) is 0 Å². The molecule has 2 aromatic rings. The summed E-state index contributed by atoms with van der Waals surface area (Å²) in [7, 11) is 1.67. The molecule has 5 nitrogen and oxygen atoms in total. The molecule has 0 spiro atoms. The zero-order chi connectivity index (χ0) is 18.2. The summed E-state index contributed by atoms with van der Waals surface area (Å²) in [6.45, 7) is 6.55. The van der Waals surface area contributed by atoms with Crippen molar-refractivity contribution in [1.82, 2.24) is 10.2 Å². The number of piperidine rings is 1. The van der Waals surface area contributed by atoms with Crippen molar-refractivity contribution in [3.05, 3.63) is 47.9 Å². The number of ether oxygens (including phenoxy) is 2. The van der Waals surface area contributed by atoms with Gasteiger partial charge in [-0.25, -0.2) is 0 Å². The lowest BCUT2D eigenvalue weighted by atomic mass is 10.1. The van der Waals surface area contributed by atoms with E-state index in [1.54, 1.807) is 13.4 Å². The topological polar surface area (TPSA) is 46.9 Å². The minimum atomic E-state index is 0.287. The van der Waals surface area contributed by atoms with Crippen molar-refractivity contribution < 1.29 is 13.9 Å². The molecule has 5 heteroatoms. The first kappa shape index (κ1) is 18.8.